The molecule has 74 valence electrons. The fourth-order valence-electron chi connectivity index (χ4n) is 0.858. The van der Waals surface area contributed by atoms with E-state index in [1.165, 1.54) is 0 Å². The Labute approximate surface area is 89.3 Å². The van der Waals surface area contributed by atoms with Gasteiger partial charge < -0.3 is 0 Å². The molecule has 0 aromatic carbocycles. The number of rotatable bonds is 3. The molecule has 0 aliphatic carbocycles. The molecule has 0 bridgehead atoms. The van der Waals surface area contributed by atoms with Gasteiger partial charge in [-0.25, -0.2) is 0 Å². The van der Waals surface area contributed by atoms with E-state index in [1.807, 2.05) is 13.8 Å². The van der Waals surface area contributed by atoms with Crippen molar-refractivity contribution < 1.29 is 4.52 Å². The van der Waals surface area contributed by atoms with Crippen LogP contribution in [0.5, 0.6) is 0 Å². The fraction of sp³-hybridized carbons (Fsp3) is 0.429. The molecular weight excluding hydrogens is 257 g/mol. The van der Waals surface area contributed by atoms with Gasteiger partial charge in [-0.15, -0.1) is 12.4 Å². The van der Waals surface area contributed by atoms with Gasteiger partial charge in [0.15, 0.2) is 0 Å². The first-order chi connectivity index (χ1) is 5.61. The molecule has 0 amide bonds. The van der Waals surface area contributed by atoms with Crippen LogP contribution in [0.1, 0.15) is 17.0 Å². The molecule has 0 unspecified atom stereocenters. The standard InChI is InChI=1S/C7H11N3OSe.ClH/c1-4-6(3-12-7(8)9)5(2)11-10-4;/h3H2,1-2H3,(H3,8,9);1H. The molecule has 1 aromatic rings. The number of nitrogens with zero attached hydrogens (tertiary/aromatic N) is 1. The van der Waals surface area contributed by atoms with Gasteiger partial charge in [0.25, 0.3) is 0 Å². The predicted molar refractivity (Wildman–Crippen MR) is 54.6 cm³/mol. The molecule has 1 aromatic heterocycles. The number of hydrogen-bond donors (Lipinski definition) is 2. The first-order valence-electron chi connectivity index (χ1n) is 3.50. The van der Waals surface area contributed by atoms with E-state index in [0.29, 0.717) is 0 Å². The summed E-state index contributed by atoms with van der Waals surface area (Å²) in [5, 5.41) is 11.7. The number of nitrogens with one attached hydrogen (secondary N) is 1. The van der Waals surface area contributed by atoms with Crippen molar-refractivity contribution in [3.63, 3.8) is 0 Å². The van der Waals surface area contributed by atoms with Gasteiger partial charge in [-0.05, 0) is 0 Å². The van der Waals surface area contributed by atoms with E-state index in [2.05, 4.69) is 5.16 Å². The van der Waals surface area contributed by atoms with Gasteiger partial charge in [0, 0.05) is 0 Å². The van der Waals surface area contributed by atoms with E-state index >= 15 is 0 Å². The van der Waals surface area contributed by atoms with Gasteiger partial charge in [0.1, 0.15) is 0 Å². The Kier molecular flexibility index (Phi) is 5.06. The van der Waals surface area contributed by atoms with E-state index in [9.17, 15) is 0 Å². The van der Waals surface area contributed by atoms with Crippen LogP contribution in [-0.4, -0.2) is 24.8 Å². The summed E-state index contributed by atoms with van der Waals surface area (Å²) in [6.45, 7) is 3.79. The zero-order valence-corrected chi connectivity index (χ0v) is 9.99. The quantitative estimate of drug-likeness (QED) is 0.484. The molecule has 13 heavy (non-hydrogen) atoms. The third kappa shape index (κ3) is 3.38. The Bertz CT molecular complexity index is 280. The van der Waals surface area contributed by atoms with Crippen molar-refractivity contribution in [2.24, 2.45) is 5.73 Å². The van der Waals surface area contributed by atoms with Crippen molar-refractivity contribution in [3.05, 3.63) is 17.0 Å². The molecule has 0 saturated heterocycles. The number of nitrogens with two attached hydrogens (primary N) is 1. The predicted octanol–water partition coefficient (Wildman–Crippen LogP) is 0.811. The number of aromatic nitrogens is 1. The zero-order chi connectivity index (χ0) is 9.14. The van der Waals surface area contributed by atoms with Crippen LogP contribution in [-0.2, 0) is 5.32 Å². The van der Waals surface area contributed by atoms with Gasteiger partial charge in [0.2, 0.25) is 0 Å². The summed E-state index contributed by atoms with van der Waals surface area (Å²) in [5.41, 5.74) is 7.28. The van der Waals surface area contributed by atoms with Crippen molar-refractivity contribution in [2.75, 3.05) is 0 Å². The summed E-state index contributed by atoms with van der Waals surface area (Å²) in [6.07, 6.45) is 0. The van der Waals surface area contributed by atoms with Crippen molar-refractivity contribution >= 4 is 32.1 Å². The number of amidine groups is 1. The number of halogens is 1. The minimum atomic E-state index is 0. The van der Waals surface area contributed by atoms with Crippen LogP contribution in [0.2, 0.25) is 0 Å². The molecule has 0 spiro atoms. The maximum Gasteiger partial charge on any atom is -0.147 e. The summed E-state index contributed by atoms with van der Waals surface area (Å²) in [5.74, 6) is 0.843. The average Bonchev–Trinajstić information content (AvgIpc) is 2.28. The van der Waals surface area contributed by atoms with Crippen molar-refractivity contribution in [2.45, 2.75) is 19.2 Å². The van der Waals surface area contributed by atoms with Crippen LogP contribution >= 0.6 is 12.4 Å². The Balaban J connectivity index is 0.00000144. The van der Waals surface area contributed by atoms with E-state index in [0.717, 1.165) is 22.3 Å². The second-order valence-corrected chi connectivity index (χ2v) is 4.59. The fourth-order valence-corrected chi connectivity index (χ4v) is 2.35. The second-order valence-electron chi connectivity index (χ2n) is 2.46. The van der Waals surface area contributed by atoms with E-state index < -0.39 is 0 Å². The normalized spacial score (nSPS) is 9.38. The van der Waals surface area contributed by atoms with E-state index in [1.54, 1.807) is 0 Å². The Morgan fingerprint density at radius 1 is 1.62 bits per heavy atom. The molecule has 1 rings (SSSR count). The van der Waals surface area contributed by atoms with Crippen LogP contribution in [0.4, 0.5) is 0 Å². The maximum atomic E-state index is 7.09. The van der Waals surface area contributed by atoms with E-state index in [4.69, 9.17) is 15.7 Å². The molecular formula is C7H12ClN3OSe. The molecule has 6 heteroatoms. The van der Waals surface area contributed by atoms with Gasteiger partial charge in [-0.1, -0.05) is 0 Å². The molecule has 0 fully saturated rings. The number of hydrogen-bond acceptors (Lipinski definition) is 3. The largest absolute Gasteiger partial charge is 0.147 e. The topological polar surface area (TPSA) is 75.9 Å². The van der Waals surface area contributed by atoms with Crippen molar-refractivity contribution in [3.8, 4) is 0 Å². The zero-order valence-electron chi connectivity index (χ0n) is 7.46. The van der Waals surface area contributed by atoms with Crippen molar-refractivity contribution in [1.82, 2.24) is 5.16 Å². The first-order valence-corrected chi connectivity index (χ1v) is 5.56. The minimum absolute atomic E-state index is 0. The average molecular weight is 269 g/mol. The molecule has 0 saturated carbocycles. The second kappa shape index (κ2) is 5.27. The van der Waals surface area contributed by atoms with Gasteiger partial charge >= 0.3 is 76.7 Å². The van der Waals surface area contributed by atoms with Crippen LogP contribution in [0, 0.1) is 19.3 Å². The molecule has 3 N–H and O–H groups in total. The van der Waals surface area contributed by atoms with E-state index in [-0.39, 0.29) is 32.1 Å². The third-order valence-electron chi connectivity index (χ3n) is 1.55. The van der Waals surface area contributed by atoms with Crippen LogP contribution in [0.15, 0.2) is 4.52 Å². The van der Waals surface area contributed by atoms with Gasteiger partial charge in [-0.2, -0.15) is 0 Å². The molecule has 1 heterocycles. The van der Waals surface area contributed by atoms with Crippen molar-refractivity contribution in [1.29, 1.82) is 5.41 Å². The number of aryl methyl sites for hydroxylation is 2. The Morgan fingerprint density at radius 2 is 2.23 bits per heavy atom. The van der Waals surface area contributed by atoms with Crippen LogP contribution < -0.4 is 5.73 Å². The molecule has 0 aliphatic heterocycles. The summed E-state index contributed by atoms with van der Waals surface area (Å²) in [4.78, 5) is 0. The smallest absolute Gasteiger partial charge is 0.147 e. The Hall–Kier alpha value is -0.511. The van der Waals surface area contributed by atoms with Crippen LogP contribution in [0.3, 0.4) is 0 Å². The molecule has 0 radical (unpaired) electrons. The van der Waals surface area contributed by atoms with Gasteiger partial charge in [0.05, 0.1) is 0 Å². The maximum absolute atomic E-state index is 7.09. The Morgan fingerprint density at radius 3 is 2.62 bits per heavy atom. The molecule has 0 atom stereocenters. The summed E-state index contributed by atoms with van der Waals surface area (Å²) < 4.78 is 5.24. The third-order valence-corrected chi connectivity index (χ3v) is 3.11. The minimum Gasteiger partial charge on any atom is -0.147 e. The SMILES string of the molecule is Cc1noc(C)c1C[Se]C(=N)N.Cl. The molecule has 0 aliphatic rings. The first kappa shape index (κ1) is 12.5. The molecule has 4 nitrogen and oxygen atoms in total. The summed E-state index contributed by atoms with van der Waals surface area (Å²) >= 11 is 0.0427. The van der Waals surface area contributed by atoms with Crippen LogP contribution in [0.25, 0.3) is 0 Å². The summed E-state index contributed by atoms with van der Waals surface area (Å²) in [7, 11) is 0. The monoisotopic (exact) mass is 269 g/mol. The summed E-state index contributed by atoms with van der Waals surface area (Å²) in [6, 6.07) is 0. The van der Waals surface area contributed by atoms with Gasteiger partial charge in [-0.3, -0.25) is 0 Å².